The quantitative estimate of drug-likeness (QED) is 0.775. The van der Waals surface area contributed by atoms with Gasteiger partial charge in [0.05, 0.1) is 0 Å². The Bertz CT molecular complexity index is 578. The molecule has 1 aromatic heterocycles. The van der Waals surface area contributed by atoms with Crippen molar-refractivity contribution in [2.75, 3.05) is 26.2 Å². The Morgan fingerprint density at radius 2 is 2.00 bits per heavy atom. The number of carbonyl (C=O) groups excluding carboxylic acids is 3. The lowest BCUT2D eigenvalue weighted by Crippen LogP contribution is -2.52. The van der Waals surface area contributed by atoms with Crippen molar-refractivity contribution < 1.29 is 14.4 Å². The van der Waals surface area contributed by atoms with Crippen LogP contribution in [0, 0.1) is 5.92 Å². The van der Waals surface area contributed by atoms with E-state index in [4.69, 9.17) is 0 Å². The normalized spacial score (nSPS) is 19.5. The predicted molar refractivity (Wildman–Crippen MR) is 91.5 cm³/mol. The zero-order chi connectivity index (χ0) is 16.9. The van der Waals surface area contributed by atoms with Crippen LogP contribution in [-0.4, -0.2) is 60.2 Å². The minimum absolute atomic E-state index is 0.0451. The van der Waals surface area contributed by atoms with Gasteiger partial charge in [-0.05, 0) is 41.7 Å². The van der Waals surface area contributed by atoms with Crippen LogP contribution in [0.2, 0.25) is 0 Å². The number of amides is 3. The van der Waals surface area contributed by atoms with E-state index in [1.165, 1.54) is 0 Å². The second-order valence-electron chi connectivity index (χ2n) is 6.45. The molecule has 3 amide bonds. The van der Waals surface area contributed by atoms with Crippen molar-refractivity contribution in [3.63, 3.8) is 0 Å². The molecule has 1 N–H and O–H groups in total. The van der Waals surface area contributed by atoms with Crippen molar-refractivity contribution in [3.05, 3.63) is 22.4 Å². The Labute approximate surface area is 145 Å². The Balaban J connectivity index is 1.54. The number of rotatable bonds is 6. The molecule has 1 aromatic rings. The lowest BCUT2D eigenvalue weighted by atomic mass is 9.93. The first-order chi connectivity index (χ1) is 11.7. The lowest BCUT2D eigenvalue weighted by Gasteiger charge is -2.38. The average molecular weight is 349 g/mol. The highest BCUT2D eigenvalue weighted by Gasteiger charge is 2.33. The van der Waals surface area contributed by atoms with Crippen LogP contribution < -0.4 is 5.32 Å². The van der Waals surface area contributed by atoms with Crippen molar-refractivity contribution >= 4 is 29.6 Å². The lowest BCUT2D eigenvalue weighted by molar-refractivity contribution is -0.144. The van der Waals surface area contributed by atoms with E-state index in [9.17, 15) is 14.4 Å². The summed E-state index contributed by atoms with van der Waals surface area (Å²) in [4.78, 5) is 39.5. The van der Waals surface area contributed by atoms with Gasteiger partial charge in [-0.25, -0.2) is 0 Å². The molecule has 1 unspecified atom stereocenters. The van der Waals surface area contributed by atoms with E-state index in [1.54, 1.807) is 16.2 Å². The highest BCUT2D eigenvalue weighted by atomic mass is 32.1. The molecule has 2 saturated heterocycles. The van der Waals surface area contributed by atoms with Crippen LogP contribution in [0.15, 0.2) is 16.8 Å². The van der Waals surface area contributed by atoms with Crippen molar-refractivity contribution in [1.82, 2.24) is 15.1 Å². The van der Waals surface area contributed by atoms with Gasteiger partial charge in [0.25, 0.3) is 0 Å². The number of thiophene rings is 1. The summed E-state index contributed by atoms with van der Waals surface area (Å²) in [5.74, 6) is 0.237. The molecule has 2 aliphatic rings. The molecule has 6 nitrogen and oxygen atoms in total. The Hall–Kier alpha value is -1.89. The predicted octanol–water partition coefficient (Wildman–Crippen LogP) is 0.876. The standard InChI is InChI=1S/C17H23N3O3S/c21-12-18-15(10-13-4-9-24-11-13)17(23)20-7-2-14(3-8-20)16(22)19-5-1-6-19/h4,9,11-12,14-15H,1-3,5-8,10H2,(H,18,21). The molecule has 2 aliphatic heterocycles. The molecular weight excluding hydrogens is 326 g/mol. The van der Waals surface area contributed by atoms with Crippen LogP contribution in [-0.2, 0) is 20.8 Å². The molecule has 0 saturated carbocycles. The molecular formula is C17H23N3O3S. The topological polar surface area (TPSA) is 69.7 Å². The first kappa shape index (κ1) is 17.0. The van der Waals surface area contributed by atoms with Gasteiger partial charge in [-0.3, -0.25) is 14.4 Å². The van der Waals surface area contributed by atoms with Crippen LogP contribution in [0.5, 0.6) is 0 Å². The van der Waals surface area contributed by atoms with E-state index < -0.39 is 6.04 Å². The maximum Gasteiger partial charge on any atom is 0.245 e. The van der Waals surface area contributed by atoms with E-state index in [2.05, 4.69) is 5.32 Å². The molecule has 0 bridgehead atoms. The first-order valence-corrected chi connectivity index (χ1v) is 9.41. The third-order valence-electron chi connectivity index (χ3n) is 4.91. The highest BCUT2D eigenvalue weighted by molar-refractivity contribution is 7.07. The molecule has 3 heterocycles. The minimum atomic E-state index is -0.528. The number of carbonyl (C=O) groups is 3. The number of likely N-dealkylation sites (tertiary alicyclic amines) is 2. The summed E-state index contributed by atoms with van der Waals surface area (Å²) in [5.41, 5.74) is 1.05. The van der Waals surface area contributed by atoms with Crippen molar-refractivity contribution in [1.29, 1.82) is 0 Å². The average Bonchev–Trinajstić information content (AvgIpc) is 3.05. The fraction of sp³-hybridized carbons (Fsp3) is 0.588. The maximum atomic E-state index is 12.7. The summed E-state index contributed by atoms with van der Waals surface area (Å²) in [7, 11) is 0. The summed E-state index contributed by atoms with van der Waals surface area (Å²) >= 11 is 1.58. The van der Waals surface area contributed by atoms with E-state index in [-0.39, 0.29) is 17.7 Å². The molecule has 1 atom stereocenters. The van der Waals surface area contributed by atoms with Crippen molar-refractivity contribution in [3.8, 4) is 0 Å². The van der Waals surface area contributed by atoms with Crippen molar-refractivity contribution in [2.45, 2.75) is 31.7 Å². The molecule has 2 fully saturated rings. The molecule has 0 aromatic carbocycles. The minimum Gasteiger partial charge on any atom is -0.347 e. The number of hydrogen-bond acceptors (Lipinski definition) is 4. The second kappa shape index (κ2) is 7.79. The molecule has 0 radical (unpaired) electrons. The fourth-order valence-corrected chi connectivity index (χ4v) is 3.99. The van der Waals surface area contributed by atoms with Crippen LogP contribution in [0.25, 0.3) is 0 Å². The maximum absolute atomic E-state index is 12.7. The van der Waals surface area contributed by atoms with Gasteiger partial charge in [-0.1, -0.05) is 0 Å². The van der Waals surface area contributed by atoms with Gasteiger partial charge in [-0.2, -0.15) is 11.3 Å². The summed E-state index contributed by atoms with van der Waals surface area (Å²) in [6.45, 7) is 2.93. The van der Waals surface area contributed by atoms with Crippen molar-refractivity contribution in [2.24, 2.45) is 5.92 Å². The van der Waals surface area contributed by atoms with Crippen LogP contribution >= 0.6 is 11.3 Å². The molecule has 24 heavy (non-hydrogen) atoms. The summed E-state index contributed by atoms with van der Waals surface area (Å²) < 4.78 is 0. The third-order valence-corrected chi connectivity index (χ3v) is 5.64. The number of piperidine rings is 1. The first-order valence-electron chi connectivity index (χ1n) is 8.47. The van der Waals surface area contributed by atoms with E-state index >= 15 is 0 Å². The Morgan fingerprint density at radius 1 is 1.25 bits per heavy atom. The van der Waals surface area contributed by atoms with Crippen LogP contribution in [0.4, 0.5) is 0 Å². The third kappa shape index (κ3) is 3.77. The zero-order valence-electron chi connectivity index (χ0n) is 13.6. The molecule has 0 spiro atoms. The van der Waals surface area contributed by atoms with Crippen LogP contribution in [0.1, 0.15) is 24.8 Å². The van der Waals surface area contributed by atoms with E-state index in [1.807, 2.05) is 21.7 Å². The van der Waals surface area contributed by atoms with Gasteiger partial charge < -0.3 is 15.1 Å². The zero-order valence-corrected chi connectivity index (χ0v) is 14.5. The smallest absolute Gasteiger partial charge is 0.245 e. The van der Waals surface area contributed by atoms with Gasteiger partial charge in [0, 0.05) is 38.5 Å². The number of hydrogen-bond donors (Lipinski definition) is 1. The summed E-state index contributed by atoms with van der Waals surface area (Å²) in [6.07, 6.45) is 3.63. The monoisotopic (exact) mass is 349 g/mol. The number of nitrogens with zero attached hydrogens (tertiary/aromatic N) is 2. The molecule has 3 rings (SSSR count). The fourth-order valence-electron chi connectivity index (χ4n) is 3.31. The number of nitrogens with one attached hydrogen (secondary N) is 1. The largest absolute Gasteiger partial charge is 0.347 e. The second-order valence-corrected chi connectivity index (χ2v) is 7.23. The summed E-state index contributed by atoms with van der Waals surface area (Å²) in [5, 5.41) is 6.60. The SMILES string of the molecule is O=CNC(Cc1ccsc1)C(=O)N1CCC(C(=O)N2CCC2)CC1. The van der Waals surface area contributed by atoms with Gasteiger partial charge >= 0.3 is 0 Å². The van der Waals surface area contributed by atoms with Gasteiger partial charge in [0.1, 0.15) is 6.04 Å². The Kier molecular flexibility index (Phi) is 5.50. The van der Waals surface area contributed by atoms with Gasteiger partial charge in [0.15, 0.2) is 0 Å². The van der Waals surface area contributed by atoms with Crippen LogP contribution in [0.3, 0.4) is 0 Å². The molecule has 7 heteroatoms. The molecule has 130 valence electrons. The van der Waals surface area contributed by atoms with Gasteiger partial charge in [-0.15, -0.1) is 0 Å². The summed E-state index contributed by atoms with van der Waals surface area (Å²) in [6, 6.07) is 1.44. The van der Waals surface area contributed by atoms with E-state index in [0.717, 1.165) is 25.1 Å². The Morgan fingerprint density at radius 3 is 2.54 bits per heavy atom. The van der Waals surface area contributed by atoms with E-state index in [0.29, 0.717) is 38.8 Å². The molecule has 0 aliphatic carbocycles. The van der Waals surface area contributed by atoms with Gasteiger partial charge in [0.2, 0.25) is 18.2 Å². The highest BCUT2D eigenvalue weighted by Crippen LogP contribution is 2.23.